The van der Waals surface area contributed by atoms with Gasteiger partial charge in [-0.15, -0.1) is 0 Å². The Hall–Kier alpha value is -0.610. The molecule has 0 aromatic heterocycles. The van der Waals surface area contributed by atoms with Crippen LogP contribution in [0.1, 0.15) is 47.0 Å². The summed E-state index contributed by atoms with van der Waals surface area (Å²) in [5, 5.41) is 0. The van der Waals surface area contributed by atoms with Gasteiger partial charge in [-0.2, -0.15) is 0 Å². The molecule has 1 fully saturated rings. The zero-order chi connectivity index (χ0) is 14.5. The Morgan fingerprint density at radius 2 is 1.89 bits per heavy atom. The van der Waals surface area contributed by atoms with Crippen molar-refractivity contribution >= 4 is 5.91 Å². The number of piperidine rings is 1. The van der Waals surface area contributed by atoms with Gasteiger partial charge in [0.05, 0.1) is 6.04 Å². The van der Waals surface area contributed by atoms with Crippen LogP contribution in [-0.4, -0.2) is 54.5 Å². The number of nitrogens with two attached hydrogens (primary N) is 1. The molecule has 4 nitrogen and oxygen atoms in total. The molecule has 0 saturated carbocycles. The molecule has 0 radical (unpaired) electrons. The average Bonchev–Trinajstić information content (AvgIpc) is 2.44. The molecule has 1 saturated heterocycles. The molecule has 19 heavy (non-hydrogen) atoms. The van der Waals surface area contributed by atoms with Gasteiger partial charge in [-0.25, -0.2) is 0 Å². The average molecular weight is 269 g/mol. The smallest absolute Gasteiger partial charge is 0.239 e. The van der Waals surface area contributed by atoms with Gasteiger partial charge in [-0.3, -0.25) is 9.69 Å². The second-order valence-electron chi connectivity index (χ2n) is 6.49. The molecule has 0 spiro atoms. The minimum atomic E-state index is -0.0334. The minimum absolute atomic E-state index is 0.0334. The normalized spacial score (nSPS) is 18.7. The van der Waals surface area contributed by atoms with Gasteiger partial charge >= 0.3 is 0 Å². The number of carbonyl (C=O) groups is 1. The number of nitrogens with zero attached hydrogens (tertiary/aromatic N) is 2. The predicted octanol–water partition coefficient (Wildman–Crippen LogP) is 1.69. The summed E-state index contributed by atoms with van der Waals surface area (Å²) in [5.41, 5.74) is 5.87. The quantitative estimate of drug-likeness (QED) is 0.798. The van der Waals surface area contributed by atoms with E-state index in [1.54, 1.807) is 0 Å². The summed E-state index contributed by atoms with van der Waals surface area (Å²) in [6.45, 7) is 12.8. The Morgan fingerprint density at radius 1 is 1.32 bits per heavy atom. The number of rotatable bonds is 6. The van der Waals surface area contributed by atoms with E-state index in [0.717, 1.165) is 39.0 Å². The fourth-order valence-corrected chi connectivity index (χ4v) is 2.67. The van der Waals surface area contributed by atoms with E-state index in [1.165, 1.54) is 6.42 Å². The van der Waals surface area contributed by atoms with E-state index in [-0.39, 0.29) is 17.4 Å². The molecule has 1 aliphatic heterocycles. The van der Waals surface area contributed by atoms with E-state index >= 15 is 0 Å². The molecule has 112 valence electrons. The van der Waals surface area contributed by atoms with Crippen LogP contribution in [0, 0.1) is 5.41 Å². The first-order valence-corrected chi connectivity index (χ1v) is 7.64. The molecule has 0 aliphatic carbocycles. The Labute approximate surface area is 118 Å². The summed E-state index contributed by atoms with van der Waals surface area (Å²) < 4.78 is 0. The molecule has 1 rings (SSSR count). The van der Waals surface area contributed by atoms with Gasteiger partial charge in [-0.1, -0.05) is 20.8 Å². The lowest BCUT2D eigenvalue weighted by Crippen LogP contribution is -2.51. The monoisotopic (exact) mass is 269 g/mol. The summed E-state index contributed by atoms with van der Waals surface area (Å²) in [5.74, 6) is 0.286. The predicted molar refractivity (Wildman–Crippen MR) is 80.0 cm³/mol. The standard InChI is InChI=1S/C15H31N3O/c1-5-17(12-15(3,4)11-16)13(2)14(19)18-9-7-6-8-10-18/h13H,5-12,16H2,1-4H3. The maximum absolute atomic E-state index is 12.5. The van der Waals surface area contributed by atoms with Crippen molar-refractivity contribution in [1.82, 2.24) is 9.80 Å². The van der Waals surface area contributed by atoms with Gasteiger partial charge in [0, 0.05) is 19.6 Å². The van der Waals surface area contributed by atoms with Crippen molar-refractivity contribution in [2.24, 2.45) is 11.1 Å². The Kier molecular flexibility index (Phi) is 6.27. The molecule has 1 aliphatic rings. The molecular formula is C15H31N3O. The number of hydrogen-bond acceptors (Lipinski definition) is 3. The third kappa shape index (κ3) is 4.77. The second-order valence-corrected chi connectivity index (χ2v) is 6.49. The maximum Gasteiger partial charge on any atom is 0.239 e. The molecular weight excluding hydrogens is 238 g/mol. The molecule has 4 heteroatoms. The summed E-state index contributed by atoms with van der Waals surface area (Å²) in [6.07, 6.45) is 3.56. The Bertz CT molecular complexity index is 285. The van der Waals surface area contributed by atoms with Gasteiger partial charge < -0.3 is 10.6 Å². The highest BCUT2D eigenvalue weighted by atomic mass is 16.2. The van der Waals surface area contributed by atoms with Crippen molar-refractivity contribution < 1.29 is 4.79 Å². The highest BCUT2D eigenvalue weighted by molar-refractivity contribution is 5.81. The molecule has 0 aromatic rings. The van der Waals surface area contributed by atoms with E-state index < -0.39 is 0 Å². The van der Waals surface area contributed by atoms with Crippen LogP contribution in [0.5, 0.6) is 0 Å². The summed E-state index contributed by atoms with van der Waals surface area (Å²) in [6, 6.07) is -0.0334. The Balaban J connectivity index is 2.61. The van der Waals surface area contributed by atoms with Crippen LogP contribution in [0.15, 0.2) is 0 Å². The van der Waals surface area contributed by atoms with Gasteiger partial charge in [0.1, 0.15) is 0 Å². The molecule has 1 unspecified atom stereocenters. The number of likely N-dealkylation sites (tertiary alicyclic amines) is 1. The first kappa shape index (κ1) is 16.4. The van der Waals surface area contributed by atoms with Crippen molar-refractivity contribution in [3.05, 3.63) is 0 Å². The number of amides is 1. The van der Waals surface area contributed by atoms with Crippen molar-refractivity contribution in [3.8, 4) is 0 Å². The SMILES string of the molecule is CCN(CC(C)(C)CN)C(C)C(=O)N1CCCCC1. The van der Waals surface area contributed by atoms with Crippen LogP contribution in [-0.2, 0) is 4.79 Å². The molecule has 0 aromatic carbocycles. The van der Waals surface area contributed by atoms with Gasteiger partial charge in [0.25, 0.3) is 0 Å². The van der Waals surface area contributed by atoms with Crippen molar-refractivity contribution in [1.29, 1.82) is 0 Å². The van der Waals surface area contributed by atoms with Crippen molar-refractivity contribution in [3.63, 3.8) is 0 Å². The largest absolute Gasteiger partial charge is 0.341 e. The third-order valence-corrected chi connectivity index (χ3v) is 4.16. The summed E-state index contributed by atoms with van der Waals surface area (Å²) in [4.78, 5) is 16.8. The number of likely N-dealkylation sites (N-methyl/N-ethyl adjacent to an activating group) is 1. The summed E-state index contributed by atoms with van der Waals surface area (Å²) >= 11 is 0. The summed E-state index contributed by atoms with van der Waals surface area (Å²) in [7, 11) is 0. The lowest BCUT2D eigenvalue weighted by atomic mass is 9.92. The van der Waals surface area contributed by atoms with E-state index in [1.807, 2.05) is 11.8 Å². The van der Waals surface area contributed by atoms with Crippen LogP contribution in [0.25, 0.3) is 0 Å². The lowest BCUT2D eigenvalue weighted by molar-refractivity contribution is -0.137. The van der Waals surface area contributed by atoms with Crippen LogP contribution in [0.3, 0.4) is 0 Å². The van der Waals surface area contributed by atoms with Crippen molar-refractivity contribution in [2.75, 3.05) is 32.7 Å². The minimum Gasteiger partial charge on any atom is -0.341 e. The van der Waals surface area contributed by atoms with Crippen LogP contribution < -0.4 is 5.73 Å². The fourth-order valence-electron chi connectivity index (χ4n) is 2.67. The Morgan fingerprint density at radius 3 is 2.37 bits per heavy atom. The van der Waals surface area contributed by atoms with E-state index in [9.17, 15) is 4.79 Å². The molecule has 1 heterocycles. The zero-order valence-corrected chi connectivity index (χ0v) is 13.1. The van der Waals surface area contributed by atoms with E-state index in [4.69, 9.17) is 5.73 Å². The second kappa shape index (κ2) is 7.25. The topological polar surface area (TPSA) is 49.6 Å². The number of carbonyl (C=O) groups excluding carboxylic acids is 1. The highest BCUT2D eigenvalue weighted by Gasteiger charge is 2.29. The maximum atomic E-state index is 12.5. The van der Waals surface area contributed by atoms with Crippen LogP contribution >= 0.6 is 0 Å². The van der Waals surface area contributed by atoms with E-state index in [2.05, 4.69) is 25.7 Å². The molecule has 2 N–H and O–H groups in total. The van der Waals surface area contributed by atoms with Crippen LogP contribution in [0.4, 0.5) is 0 Å². The molecule has 1 atom stereocenters. The van der Waals surface area contributed by atoms with Gasteiger partial charge in [-0.05, 0) is 44.7 Å². The van der Waals surface area contributed by atoms with Gasteiger partial charge in [0.2, 0.25) is 5.91 Å². The highest BCUT2D eigenvalue weighted by Crippen LogP contribution is 2.18. The van der Waals surface area contributed by atoms with Crippen LogP contribution in [0.2, 0.25) is 0 Å². The van der Waals surface area contributed by atoms with Crippen molar-refractivity contribution in [2.45, 2.75) is 53.0 Å². The number of hydrogen-bond donors (Lipinski definition) is 1. The fraction of sp³-hybridized carbons (Fsp3) is 0.933. The first-order chi connectivity index (χ1) is 8.91. The van der Waals surface area contributed by atoms with Gasteiger partial charge in [0.15, 0.2) is 0 Å². The molecule has 0 bridgehead atoms. The zero-order valence-electron chi connectivity index (χ0n) is 13.1. The van der Waals surface area contributed by atoms with E-state index in [0.29, 0.717) is 6.54 Å². The molecule has 1 amide bonds. The lowest BCUT2D eigenvalue weighted by Gasteiger charge is -2.37. The third-order valence-electron chi connectivity index (χ3n) is 4.16. The first-order valence-electron chi connectivity index (χ1n) is 7.64.